The highest BCUT2D eigenvalue weighted by molar-refractivity contribution is 6.33. The summed E-state index contributed by atoms with van der Waals surface area (Å²) in [5.41, 5.74) is 2.40. The van der Waals surface area contributed by atoms with E-state index < -0.39 is 0 Å². The second kappa shape index (κ2) is 11.3. The van der Waals surface area contributed by atoms with Gasteiger partial charge in [0.2, 0.25) is 0 Å². The molecule has 0 aromatic heterocycles. The van der Waals surface area contributed by atoms with E-state index in [9.17, 15) is 19.2 Å². The van der Waals surface area contributed by atoms with Crippen molar-refractivity contribution in [2.24, 2.45) is 0 Å². The van der Waals surface area contributed by atoms with Crippen LogP contribution in [0.15, 0.2) is 18.2 Å². The van der Waals surface area contributed by atoms with Gasteiger partial charge in [0.1, 0.15) is 0 Å². The summed E-state index contributed by atoms with van der Waals surface area (Å²) in [6, 6.07) is 5.12. The Balaban J connectivity index is 1.84. The highest BCUT2D eigenvalue weighted by Gasteiger charge is 2.40. The molecule has 0 atom stereocenters. The summed E-state index contributed by atoms with van der Waals surface area (Å²) in [5, 5.41) is 0.913. The maximum absolute atomic E-state index is 13.9. The Hall–Kier alpha value is -3.14. The first kappa shape index (κ1) is 27.9. The standard InChI is InChI=1S/C29H39N5O4/c1-30(2)13-7-10-19-18-22-24-20(26(35)33(28(22)37)16-8-14-31(3)4)11-12-21-25(24)23(19)29(38)34(27(21)36)17-9-15-32(5)6/h11-12,18H,7-10,13-17H2,1-6H3. The molecule has 0 unspecified atom stereocenters. The number of aryl methyl sites for hydroxylation is 1. The first-order chi connectivity index (χ1) is 18.0. The van der Waals surface area contributed by atoms with Gasteiger partial charge in [0.25, 0.3) is 23.6 Å². The van der Waals surface area contributed by atoms with Crippen molar-refractivity contribution in [3.8, 4) is 0 Å². The monoisotopic (exact) mass is 521 g/mol. The zero-order chi connectivity index (χ0) is 27.7. The molecule has 0 bridgehead atoms. The third kappa shape index (κ3) is 5.23. The molecule has 2 aliphatic heterocycles. The summed E-state index contributed by atoms with van der Waals surface area (Å²) in [4.78, 5) is 63.4. The lowest BCUT2D eigenvalue weighted by Gasteiger charge is -2.33. The fourth-order valence-electron chi connectivity index (χ4n) is 5.43. The minimum Gasteiger partial charge on any atom is -0.309 e. The molecule has 0 fully saturated rings. The summed E-state index contributed by atoms with van der Waals surface area (Å²) in [5.74, 6) is -1.42. The maximum atomic E-state index is 13.9. The summed E-state index contributed by atoms with van der Waals surface area (Å²) in [6.07, 6.45) is 2.70. The number of carbonyl (C=O) groups excluding carboxylic acids is 4. The van der Waals surface area contributed by atoms with Crippen LogP contribution >= 0.6 is 0 Å². The molecular formula is C29H39N5O4. The molecule has 4 rings (SSSR count). The number of nitrogens with zero attached hydrogens (tertiary/aromatic N) is 5. The van der Waals surface area contributed by atoms with Crippen LogP contribution < -0.4 is 0 Å². The number of hydrogen-bond acceptors (Lipinski definition) is 7. The summed E-state index contributed by atoms with van der Waals surface area (Å²) in [6.45, 7) is 2.95. The average molecular weight is 522 g/mol. The number of amides is 4. The zero-order valence-electron chi connectivity index (χ0n) is 23.5. The van der Waals surface area contributed by atoms with Crippen LogP contribution in [0.5, 0.6) is 0 Å². The van der Waals surface area contributed by atoms with Gasteiger partial charge in [-0.05, 0) is 111 Å². The first-order valence-corrected chi connectivity index (χ1v) is 13.3. The van der Waals surface area contributed by atoms with E-state index in [1.54, 1.807) is 18.2 Å². The topological polar surface area (TPSA) is 84.5 Å². The van der Waals surface area contributed by atoms with Gasteiger partial charge in [0, 0.05) is 40.6 Å². The Morgan fingerprint density at radius 1 is 0.579 bits per heavy atom. The molecule has 9 heteroatoms. The van der Waals surface area contributed by atoms with E-state index in [2.05, 4.69) is 4.90 Å². The van der Waals surface area contributed by atoms with Crippen molar-refractivity contribution in [1.29, 1.82) is 0 Å². The van der Waals surface area contributed by atoms with Gasteiger partial charge >= 0.3 is 0 Å². The molecule has 0 aliphatic carbocycles. The Morgan fingerprint density at radius 3 is 1.55 bits per heavy atom. The van der Waals surface area contributed by atoms with Crippen molar-refractivity contribution in [3.63, 3.8) is 0 Å². The van der Waals surface area contributed by atoms with Crippen LogP contribution in [0.25, 0.3) is 10.8 Å². The molecule has 38 heavy (non-hydrogen) atoms. The quantitative estimate of drug-likeness (QED) is 0.397. The van der Waals surface area contributed by atoms with Gasteiger partial charge in [-0.2, -0.15) is 0 Å². The van der Waals surface area contributed by atoms with E-state index in [0.29, 0.717) is 65.4 Å². The van der Waals surface area contributed by atoms with Crippen LogP contribution in [0.4, 0.5) is 0 Å². The third-order valence-electron chi connectivity index (χ3n) is 7.28. The highest BCUT2D eigenvalue weighted by atomic mass is 16.2. The van der Waals surface area contributed by atoms with Crippen molar-refractivity contribution in [2.45, 2.75) is 25.7 Å². The zero-order valence-corrected chi connectivity index (χ0v) is 23.5. The van der Waals surface area contributed by atoms with E-state index in [4.69, 9.17) is 0 Å². The molecule has 0 spiro atoms. The predicted octanol–water partition coefficient (Wildman–Crippen LogP) is 2.43. The SMILES string of the molecule is CN(C)CCCc1cc2c3c(ccc4c3c1C(=O)N(CCCN(C)C)C4=O)C(=O)N(CCCN(C)C)C2=O. The number of benzene rings is 2. The Bertz CT molecular complexity index is 1280. The van der Waals surface area contributed by atoms with Crippen molar-refractivity contribution in [2.75, 3.05) is 75.0 Å². The summed E-state index contributed by atoms with van der Waals surface area (Å²) >= 11 is 0. The Kier molecular flexibility index (Phi) is 8.30. The van der Waals surface area contributed by atoms with E-state index in [0.717, 1.165) is 31.6 Å². The summed E-state index contributed by atoms with van der Waals surface area (Å²) in [7, 11) is 11.8. The number of hydrogen-bond donors (Lipinski definition) is 0. The first-order valence-electron chi connectivity index (χ1n) is 13.3. The molecule has 0 radical (unpaired) electrons. The van der Waals surface area contributed by atoms with E-state index in [-0.39, 0.29) is 23.6 Å². The molecule has 0 saturated heterocycles. The largest absolute Gasteiger partial charge is 0.309 e. The number of rotatable bonds is 12. The van der Waals surface area contributed by atoms with E-state index in [1.807, 2.05) is 52.1 Å². The van der Waals surface area contributed by atoms with Gasteiger partial charge in [0.05, 0.1) is 5.56 Å². The van der Waals surface area contributed by atoms with E-state index in [1.165, 1.54) is 9.80 Å². The fraction of sp³-hybridized carbons (Fsp3) is 0.517. The van der Waals surface area contributed by atoms with Crippen LogP contribution in [0.3, 0.4) is 0 Å². The van der Waals surface area contributed by atoms with Gasteiger partial charge in [0.15, 0.2) is 0 Å². The van der Waals surface area contributed by atoms with Gasteiger partial charge in [-0.3, -0.25) is 29.0 Å². The third-order valence-corrected chi connectivity index (χ3v) is 7.28. The lowest BCUT2D eigenvalue weighted by Crippen LogP contribution is -2.44. The smallest absolute Gasteiger partial charge is 0.261 e. The van der Waals surface area contributed by atoms with Crippen LogP contribution in [0.1, 0.15) is 66.3 Å². The molecule has 0 N–H and O–H groups in total. The van der Waals surface area contributed by atoms with Crippen LogP contribution in [0.2, 0.25) is 0 Å². The molecule has 2 aromatic rings. The van der Waals surface area contributed by atoms with Crippen LogP contribution in [-0.2, 0) is 6.42 Å². The molecule has 9 nitrogen and oxygen atoms in total. The second-order valence-electron chi connectivity index (χ2n) is 11.1. The van der Waals surface area contributed by atoms with Gasteiger partial charge in [-0.15, -0.1) is 0 Å². The highest BCUT2D eigenvalue weighted by Crippen LogP contribution is 2.40. The normalized spacial score (nSPS) is 15.3. The van der Waals surface area contributed by atoms with Crippen LogP contribution in [-0.4, -0.2) is 123 Å². The number of carbonyl (C=O) groups is 4. The number of imide groups is 2. The van der Waals surface area contributed by atoms with Gasteiger partial charge in [-0.1, -0.05) is 0 Å². The van der Waals surface area contributed by atoms with Gasteiger partial charge in [-0.25, -0.2) is 0 Å². The van der Waals surface area contributed by atoms with Crippen molar-refractivity contribution in [1.82, 2.24) is 24.5 Å². The summed E-state index contributed by atoms with van der Waals surface area (Å²) < 4.78 is 0. The second-order valence-corrected chi connectivity index (χ2v) is 11.1. The average Bonchev–Trinajstić information content (AvgIpc) is 2.84. The Morgan fingerprint density at radius 2 is 1.03 bits per heavy atom. The van der Waals surface area contributed by atoms with Gasteiger partial charge < -0.3 is 14.7 Å². The lowest BCUT2D eigenvalue weighted by molar-refractivity contribution is 0.0583. The molecule has 0 saturated carbocycles. The minimum atomic E-state index is -0.368. The molecule has 2 aliphatic rings. The predicted molar refractivity (Wildman–Crippen MR) is 148 cm³/mol. The molecule has 204 valence electrons. The molecule has 2 aromatic carbocycles. The molecular weight excluding hydrogens is 482 g/mol. The molecule has 2 heterocycles. The van der Waals surface area contributed by atoms with Crippen LogP contribution in [0, 0.1) is 0 Å². The van der Waals surface area contributed by atoms with E-state index >= 15 is 0 Å². The minimum absolute atomic E-state index is 0.313. The molecule has 4 amide bonds. The van der Waals surface area contributed by atoms with Crippen molar-refractivity contribution >= 4 is 34.4 Å². The van der Waals surface area contributed by atoms with Crippen molar-refractivity contribution in [3.05, 3.63) is 46.0 Å². The van der Waals surface area contributed by atoms with Crippen molar-refractivity contribution < 1.29 is 19.2 Å². The Labute approximate surface area is 224 Å². The lowest BCUT2D eigenvalue weighted by atomic mass is 9.82. The fourth-order valence-corrected chi connectivity index (χ4v) is 5.43. The maximum Gasteiger partial charge on any atom is 0.261 e.